The van der Waals surface area contributed by atoms with Gasteiger partial charge in [0.2, 0.25) is 11.0 Å². The number of aliphatic hydroxyl groups is 3. The molecule has 0 aromatic heterocycles. The molecular formula is C8H13NO6S. The second kappa shape index (κ2) is 6.59. The van der Waals surface area contributed by atoms with Crippen molar-refractivity contribution in [3.05, 3.63) is 0 Å². The fourth-order valence-corrected chi connectivity index (χ4v) is 1.13. The summed E-state index contributed by atoms with van der Waals surface area (Å²) in [5.74, 6) is -0.602. The summed E-state index contributed by atoms with van der Waals surface area (Å²) in [5.41, 5.74) is 0. The Balaban J connectivity index is 4.60. The Morgan fingerprint density at radius 3 is 2.06 bits per heavy atom. The molecule has 0 rings (SSSR count). The first-order valence-electron chi connectivity index (χ1n) is 4.30. The second-order valence-corrected chi connectivity index (χ2v) is 3.57. The standard InChI is InChI=1S/C8H13NO6S/c1-3(11)9-4(2-10)5(12)6(13)7(14)8(15)16/h2,4-7,12-14H,1H3,(H,9,11)(H,15,16)/t4-,5+,6+,7-/m0/s1. The summed E-state index contributed by atoms with van der Waals surface area (Å²) >= 11 is 3.26. The average Bonchev–Trinajstić information content (AvgIpc) is 2.22. The summed E-state index contributed by atoms with van der Waals surface area (Å²) in [5, 5.41) is 28.8. The van der Waals surface area contributed by atoms with E-state index in [9.17, 15) is 24.6 Å². The monoisotopic (exact) mass is 251 g/mol. The van der Waals surface area contributed by atoms with Crippen LogP contribution >= 0.6 is 12.6 Å². The molecule has 1 amide bonds. The maximum absolute atomic E-state index is 10.6. The highest BCUT2D eigenvalue weighted by atomic mass is 32.1. The molecule has 0 fully saturated rings. The lowest BCUT2D eigenvalue weighted by Crippen LogP contribution is -2.53. The molecule has 4 atom stereocenters. The number of carbonyl (C=O) groups is 3. The van der Waals surface area contributed by atoms with Gasteiger partial charge < -0.3 is 25.4 Å². The van der Waals surface area contributed by atoms with Crippen molar-refractivity contribution in [2.24, 2.45) is 0 Å². The van der Waals surface area contributed by atoms with Crippen LogP contribution in [-0.2, 0) is 14.4 Å². The Hall–Kier alpha value is -0.960. The zero-order valence-electron chi connectivity index (χ0n) is 8.40. The van der Waals surface area contributed by atoms with Crippen LogP contribution in [0.3, 0.4) is 0 Å². The molecule has 7 nitrogen and oxygen atoms in total. The summed E-state index contributed by atoms with van der Waals surface area (Å²) in [6.07, 6.45) is -5.46. The van der Waals surface area contributed by atoms with E-state index in [1.165, 1.54) is 0 Å². The molecule has 0 saturated heterocycles. The lowest BCUT2D eigenvalue weighted by atomic mass is 10.0. The highest BCUT2D eigenvalue weighted by molar-refractivity contribution is 7.96. The summed E-state index contributed by atoms with van der Waals surface area (Å²) in [4.78, 5) is 31.7. The summed E-state index contributed by atoms with van der Waals surface area (Å²) in [7, 11) is 0. The minimum absolute atomic E-state index is 0.186. The van der Waals surface area contributed by atoms with Gasteiger partial charge in [0.15, 0.2) is 6.10 Å². The highest BCUT2D eigenvalue weighted by Gasteiger charge is 2.34. The van der Waals surface area contributed by atoms with Crippen molar-refractivity contribution in [2.75, 3.05) is 0 Å². The second-order valence-electron chi connectivity index (χ2n) is 3.13. The lowest BCUT2D eigenvalue weighted by Gasteiger charge is -2.25. The van der Waals surface area contributed by atoms with Crippen molar-refractivity contribution >= 4 is 29.9 Å². The third-order valence-electron chi connectivity index (χ3n) is 1.81. The zero-order chi connectivity index (χ0) is 12.9. The predicted octanol–water partition coefficient (Wildman–Crippen LogP) is -2.77. The lowest BCUT2D eigenvalue weighted by molar-refractivity contribution is -0.135. The molecule has 8 heteroatoms. The number of thiol groups is 1. The Labute approximate surface area is 96.9 Å². The molecule has 0 aliphatic heterocycles. The van der Waals surface area contributed by atoms with E-state index in [-0.39, 0.29) is 6.29 Å². The van der Waals surface area contributed by atoms with Crippen molar-refractivity contribution in [1.29, 1.82) is 0 Å². The number of carbonyl (C=O) groups excluding carboxylic acids is 3. The molecule has 4 N–H and O–H groups in total. The predicted molar refractivity (Wildman–Crippen MR) is 55.7 cm³/mol. The number of aldehydes is 1. The van der Waals surface area contributed by atoms with E-state index in [2.05, 4.69) is 12.6 Å². The van der Waals surface area contributed by atoms with Gasteiger partial charge in [-0.1, -0.05) is 0 Å². The van der Waals surface area contributed by atoms with Gasteiger partial charge in [-0.3, -0.25) is 9.59 Å². The molecule has 0 saturated carbocycles. The molecule has 0 aliphatic rings. The van der Waals surface area contributed by atoms with Gasteiger partial charge in [0.1, 0.15) is 24.5 Å². The van der Waals surface area contributed by atoms with Gasteiger partial charge in [0, 0.05) is 6.92 Å². The maximum atomic E-state index is 10.6. The number of hydrogen-bond donors (Lipinski definition) is 5. The van der Waals surface area contributed by atoms with Gasteiger partial charge in [-0.2, -0.15) is 0 Å². The Bertz CT molecular complexity index is 284. The van der Waals surface area contributed by atoms with E-state index in [0.29, 0.717) is 0 Å². The SMILES string of the molecule is CC(=O)N[C@@H](C=O)[C@@H](O)[C@@H](O)[C@H](O)C(=O)S. The molecule has 92 valence electrons. The van der Waals surface area contributed by atoms with E-state index in [1.54, 1.807) is 0 Å². The fraction of sp³-hybridized carbons (Fsp3) is 0.625. The van der Waals surface area contributed by atoms with Crippen LogP contribution in [0.25, 0.3) is 0 Å². The highest BCUT2D eigenvalue weighted by Crippen LogP contribution is 2.06. The van der Waals surface area contributed by atoms with Gasteiger partial charge in [-0.05, 0) is 0 Å². The van der Waals surface area contributed by atoms with Crippen molar-refractivity contribution < 1.29 is 29.7 Å². The van der Waals surface area contributed by atoms with Crippen molar-refractivity contribution in [3.63, 3.8) is 0 Å². The first kappa shape index (κ1) is 15.0. The van der Waals surface area contributed by atoms with Crippen LogP contribution in [0.2, 0.25) is 0 Å². The van der Waals surface area contributed by atoms with Gasteiger partial charge in [0.25, 0.3) is 0 Å². The molecule has 0 aliphatic carbocycles. The summed E-state index contributed by atoms with van der Waals surface area (Å²) < 4.78 is 0. The van der Waals surface area contributed by atoms with E-state index in [1.807, 2.05) is 5.32 Å². The first-order chi connectivity index (χ1) is 7.31. The number of amides is 1. The van der Waals surface area contributed by atoms with Crippen molar-refractivity contribution in [2.45, 2.75) is 31.3 Å². The van der Waals surface area contributed by atoms with E-state index in [4.69, 9.17) is 5.11 Å². The number of hydrogen-bond acceptors (Lipinski definition) is 6. The van der Waals surface area contributed by atoms with E-state index in [0.717, 1.165) is 6.92 Å². The van der Waals surface area contributed by atoms with Crippen LogP contribution in [0.15, 0.2) is 0 Å². The quantitative estimate of drug-likeness (QED) is 0.257. The third kappa shape index (κ3) is 4.27. The summed E-state index contributed by atoms with van der Waals surface area (Å²) in [6.45, 7) is 1.11. The molecule has 0 radical (unpaired) electrons. The largest absolute Gasteiger partial charge is 0.388 e. The fourth-order valence-electron chi connectivity index (χ4n) is 0.980. The van der Waals surface area contributed by atoms with Crippen LogP contribution in [0.4, 0.5) is 0 Å². The smallest absolute Gasteiger partial charge is 0.217 e. The topological polar surface area (TPSA) is 124 Å². The van der Waals surface area contributed by atoms with Gasteiger partial charge in [0.05, 0.1) is 0 Å². The van der Waals surface area contributed by atoms with E-state index >= 15 is 0 Å². The number of aliphatic hydroxyl groups excluding tert-OH is 3. The van der Waals surface area contributed by atoms with E-state index < -0.39 is 35.4 Å². The number of nitrogens with one attached hydrogen (secondary N) is 1. The molecule has 0 bridgehead atoms. The van der Waals surface area contributed by atoms with Crippen LogP contribution in [0.5, 0.6) is 0 Å². The Morgan fingerprint density at radius 2 is 1.75 bits per heavy atom. The van der Waals surface area contributed by atoms with Crippen LogP contribution in [0, 0.1) is 0 Å². The van der Waals surface area contributed by atoms with Crippen molar-refractivity contribution in [1.82, 2.24) is 5.32 Å². The molecule has 0 aromatic rings. The first-order valence-corrected chi connectivity index (χ1v) is 4.75. The van der Waals surface area contributed by atoms with Gasteiger partial charge in [-0.15, -0.1) is 12.6 Å². The normalized spacial score (nSPS) is 18.1. The molecule has 0 spiro atoms. The minimum Gasteiger partial charge on any atom is -0.388 e. The maximum Gasteiger partial charge on any atom is 0.217 e. The van der Waals surface area contributed by atoms with Gasteiger partial charge in [-0.25, -0.2) is 0 Å². The summed E-state index contributed by atoms with van der Waals surface area (Å²) in [6, 6.07) is -1.41. The zero-order valence-corrected chi connectivity index (χ0v) is 9.29. The average molecular weight is 251 g/mol. The van der Waals surface area contributed by atoms with Crippen LogP contribution < -0.4 is 5.32 Å². The van der Waals surface area contributed by atoms with Gasteiger partial charge >= 0.3 is 0 Å². The van der Waals surface area contributed by atoms with Crippen LogP contribution in [-0.4, -0.2) is 57.0 Å². The molecule has 16 heavy (non-hydrogen) atoms. The molecular weight excluding hydrogens is 238 g/mol. The number of rotatable bonds is 6. The third-order valence-corrected chi connectivity index (χ3v) is 2.08. The van der Waals surface area contributed by atoms with Crippen molar-refractivity contribution in [3.8, 4) is 0 Å². The Morgan fingerprint density at radius 1 is 1.25 bits per heavy atom. The van der Waals surface area contributed by atoms with Crippen LogP contribution in [0.1, 0.15) is 6.92 Å². The molecule has 0 heterocycles. The molecule has 0 unspecified atom stereocenters. The molecule has 0 aromatic carbocycles. The Kier molecular flexibility index (Phi) is 6.19. The minimum atomic E-state index is -1.94.